The smallest absolute Gasteiger partial charge is 0.143 e. The van der Waals surface area contributed by atoms with Crippen LogP contribution in [0.3, 0.4) is 0 Å². The molecule has 108 valence electrons. The predicted molar refractivity (Wildman–Crippen MR) is 87.8 cm³/mol. The number of rotatable bonds is 0. The highest BCUT2D eigenvalue weighted by Gasteiger charge is 2.42. The quantitative estimate of drug-likeness (QED) is 0.522. The van der Waals surface area contributed by atoms with E-state index >= 15 is 0 Å². The summed E-state index contributed by atoms with van der Waals surface area (Å²) < 4.78 is 12.3. The molecule has 0 bridgehead atoms. The van der Waals surface area contributed by atoms with E-state index in [0.29, 0.717) is 0 Å². The Labute approximate surface area is 130 Å². The van der Waals surface area contributed by atoms with Crippen LogP contribution in [-0.4, -0.2) is 6.26 Å². The van der Waals surface area contributed by atoms with Crippen LogP contribution in [0.4, 0.5) is 0 Å². The van der Waals surface area contributed by atoms with Gasteiger partial charge in [0.05, 0.1) is 4.90 Å². The number of para-hydroxylation sites is 2. The lowest BCUT2D eigenvalue weighted by atomic mass is 10.3. The van der Waals surface area contributed by atoms with Crippen molar-refractivity contribution in [2.75, 3.05) is 6.26 Å². The molecule has 0 unspecified atom stereocenters. The molecule has 2 nitrogen and oxygen atoms in total. The maximum Gasteiger partial charge on any atom is 0.143 e. The Kier molecular flexibility index (Phi) is 2.26. The maximum absolute atomic E-state index is 6.15. The largest absolute Gasteiger partial charge is 0.455 e. The van der Waals surface area contributed by atoms with Crippen molar-refractivity contribution in [3.05, 3.63) is 66.7 Å². The van der Waals surface area contributed by atoms with E-state index in [0.717, 1.165) is 23.0 Å². The summed E-state index contributed by atoms with van der Waals surface area (Å²) in [5.41, 5.74) is 0. The first-order valence-corrected chi connectivity index (χ1v) is 9.28. The fourth-order valence-corrected chi connectivity index (χ4v) is 6.80. The van der Waals surface area contributed by atoms with Crippen molar-refractivity contribution in [3.63, 3.8) is 0 Å². The number of ether oxygens (including phenoxy) is 2. The first-order valence-electron chi connectivity index (χ1n) is 7.24. The van der Waals surface area contributed by atoms with Crippen molar-refractivity contribution in [2.45, 2.75) is 14.7 Å². The minimum atomic E-state index is -1.35. The van der Waals surface area contributed by atoms with Crippen LogP contribution in [0, 0.1) is 0 Å². The fraction of sp³-hybridized carbons (Fsp3) is 0.0526. The Hall–Kier alpha value is -2.39. The predicted octanol–water partition coefficient (Wildman–Crippen LogP) is 5.81. The summed E-state index contributed by atoms with van der Waals surface area (Å²) >= 11 is 0. The van der Waals surface area contributed by atoms with Crippen LogP contribution in [0.25, 0.3) is 0 Å². The molecule has 0 aromatic heterocycles. The molecule has 5 rings (SSSR count). The van der Waals surface area contributed by atoms with Crippen molar-refractivity contribution in [1.29, 1.82) is 0 Å². The van der Waals surface area contributed by atoms with Gasteiger partial charge in [-0.1, -0.05) is 30.3 Å². The van der Waals surface area contributed by atoms with E-state index in [-0.39, 0.29) is 0 Å². The van der Waals surface area contributed by atoms with Gasteiger partial charge in [-0.2, -0.15) is 0 Å². The molecular weight excluding hydrogens is 292 g/mol. The van der Waals surface area contributed by atoms with Gasteiger partial charge in [0, 0.05) is 9.79 Å². The second kappa shape index (κ2) is 4.08. The van der Waals surface area contributed by atoms with Crippen molar-refractivity contribution in [2.24, 2.45) is 0 Å². The minimum Gasteiger partial charge on any atom is -0.455 e. The van der Waals surface area contributed by atoms with Gasteiger partial charge in [0.15, 0.2) is 0 Å². The van der Waals surface area contributed by atoms with E-state index < -0.39 is 10.0 Å². The van der Waals surface area contributed by atoms with E-state index in [2.05, 4.69) is 42.7 Å². The molecule has 0 N–H and O–H groups in total. The van der Waals surface area contributed by atoms with Gasteiger partial charge < -0.3 is 9.47 Å². The summed E-state index contributed by atoms with van der Waals surface area (Å²) in [6.07, 6.45) is 2.35. The summed E-state index contributed by atoms with van der Waals surface area (Å²) in [5.74, 6) is 3.76. The molecule has 0 amide bonds. The molecule has 0 aliphatic carbocycles. The highest BCUT2D eigenvalue weighted by Crippen LogP contribution is 2.78. The van der Waals surface area contributed by atoms with Gasteiger partial charge in [0.25, 0.3) is 0 Å². The van der Waals surface area contributed by atoms with Crippen molar-refractivity contribution < 1.29 is 9.47 Å². The maximum atomic E-state index is 6.15. The van der Waals surface area contributed by atoms with E-state index in [1.165, 1.54) is 14.7 Å². The molecule has 2 aliphatic rings. The minimum absolute atomic E-state index is 0.920. The highest BCUT2D eigenvalue weighted by molar-refractivity contribution is 8.33. The topological polar surface area (TPSA) is 18.5 Å². The van der Waals surface area contributed by atoms with Gasteiger partial charge in [0.2, 0.25) is 0 Å². The molecule has 3 heteroatoms. The third-order valence-corrected chi connectivity index (χ3v) is 8.02. The van der Waals surface area contributed by atoms with E-state index in [9.17, 15) is 0 Å². The average molecular weight is 306 g/mol. The molecule has 2 heterocycles. The molecule has 3 aromatic carbocycles. The second-order valence-corrected chi connectivity index (χ2v) is 8.72. The lowest BCUT2D eigenvalue weighted by molar-refractivity contribution is 0.414. The summed E-state index contributed by atoms with van der Waals surface area (Å²) in [7, 11) is -1.35. The Morgan fingerprint density at radius 1 is 0.591 bits per heavy atom. The van der Waals surface area contributed by atoms with Crippen molar-refractivity contribution >= 4 is 10.0 Å². The van der Waals surface area contributed by atoms with Gasteiger partial charge in [-0.05, 0) is 42.7 Å². The third-order valence-electron chi connectivity index (χ3n) is 4.37. The fourth-order valence-electron chi connectivity index (χ4n) is 3.38. The molecule has 0 fully saturated rings. The van der Waals surface area contributed by atoms with Crippen LogP contribution in [0.15, 0.2) is 81.4 Å². The van der Waals surface area contributed by atoms with Crippen LogP contribution in [0.1, 0.15) is 0 Å². The highest BCUT2D eigenvalue weighted by atomic mass is 32.3. The zero-order chi connectivity index (χ0) is 14.7. The Morgan fingerprint density at radius 3 is 1.59 bits per heavy atom. The number of hydrogen-bond acceptors (Lipinski definition) is 2. The van der Waals surface area contributed by atoms with Crippen LogP contribution in [0.5, 0.6) is 23.0 Å². The molecule has 2 aliphatic heterocycles. The standard InChI is InChI=1S/C19H14O2S/c1-22-17-11-4-2-7-13(17)20-15-9-6-10-16(19(15)22)21-14-8-3-5-12-18(14)22/h2-12H,1H3. The van der Waals surface area contributed by atoms with Crippen LogP contribution >= 0.6 is 10.0 Å². The van der Waals surface area contributed by atoms with Gasteiger partial charge in [-0.3, -0.25) is 0 Å². The van der Waals surface area contributed by atoms with E-state index in [1.807, 2.05) is 30.3 Å². The van der Waals surface area contributed by atoms with Crippen LogP contribution in [0.2, 0.25) is 0 Å². The number of benzene rings is 3. The van der Waals surface area contributed by atoms with Crippen LogP contribution in [-0.2, 0) is 0 Å². The molecule has 0 spiro atoms. The average Bonchev–Trinajstić information content (AvgIpc) is 2.55. The van der Waals surface area contributed by atoms with Gasteiger partial charge in [-0.25, -0.2) is 0 Å². The van der Waals surface area contributed by atoms with Crippen molar-refractivity contribution in [1.82, 2.24) is 0 Å². The molecule has 22 heavy (non-hydrogen) atoms. The summed E-state index contributed by atoms with van der Waals surface area (Å²) in [6.45, 7) is 0. The third kappa shape index (κ3) is 1.37. The Balaban J connectivity index is 1.95. The Bertz CT molecular complexity index is 849. The summed E-state index contributed by atoms with van der Waals surface area (Å²) in [6, 6.07) is 22.8. The van der Waals surface area contributed by atoms with Gasteiger partial charge in [-0.15, -0.1) is 10.0 Å². The molecule has 0 saturated carbocycles. The number of hydrogen-bond donors (Lipinski definition) is 0. The van der Waals surface area contributed by atoms with E-state index in [1.54, 1.807) is 0 Å². The van der Waals surface area contributed by atoms with Crippen molar-refractivity contribution in [3.8, 4) is 23.0 Å². The first-order chi connectivity index (χ1) is 10.8. The monoisotopic (exact) mass is 306 g/mol. The second-order valence-electron chi connectivity index (χ2n) is 5.60. The molecule has 0 saturated heterocycles. The van der Waals surface area contributed by atoms with Gasteiger partial charge in [0.1, 0.15) is 23.0 Å². The first kappa shape index (κ1) is 12.2. The molecular formula is C19H14O2S. The normalized spacial score (nSPS) is 17.1. The van der Waals surface area contributed by atoms with Crippen LogP contribution < -0.4 is 9.47 Å². The summed E-state index contributed by atoms with van der Waals surface area (Å²) in [4.78, 5) is 3.74. The lowest BCUT2D eigenvalue weighted by Gasteiger charge is -2.46. The lowest BCUT2D eigenvalue weighted by Crippen LogP contribution is -2.14. The number of fused-ring (bicyclic) bond motifs is 4. The molecule has 3 aromatic rings. The van der Waals surface area contributed by atoms with E-state index in [4.69, 9.17) is 9.47 Å². The SMILES string of the molecule is CS12c3ccccc3Oc3cccc(c31)Oc1ccccc12. The molecule has 0 radical (unpaired) electrons. The summed E-state index contributed by atoms with van der Waals surface area (Å²) in [5, 5.41) is 0. The zero-order valence-corrected chi connectivity index (χ0v) is 12.9. The van der Waals surface area contributed by atoms with Gasteiger partial charge >= 0.3 is 0 Å². The Morgan fingerprint density at radius 2 is 1.05 bits per heavy atom. The molecule has 0 atom stereocenters. The zero-order valence-electron chi connectivity index (χ0n) is 12.1.